The van der Waals surface area contributed by atoms with Gasteiger partial charge in [0.05, 0.1) is 25.5 Å². The molecule has 0 aliphatic carbocycles. The molecule has 1 atom stereocenters. The van der Waals surface area contributed by atoms with E-state index in [1.165, 1.54) is 22.4 Å². The molecular formula is C18H19BrN6O4. The maximum atomic E-state index is 12.3. The number of aliphatic hydroxyl groups excluding tert-OH is 2. The van der Waals surface area contributed by atoms with Gasteiger partial charge in [0.1, 0.15) is 0 Å². The van der Waals surface area contributed by atoms with Crippen LogP contribution in [0, 0.1) is 0 Å². The van der Waals surface area contributed by atoms with Gasteiger partial charge in [-0.1, -0.05) is 30.3 Å². The Morgan fingerprint density at radius 3 is 2.79 bits per heavy atom. The van der Waals surface area contributed by atoms with Gasteiger partial charge in [-0.15, -0.1) is 0 Å². The Hall–Kier alpha value is -3.02. The molecular weight excluding hydrogens is 444 g/mol. The largest absolute Gasteiger partial charge is 0.394 e. The van der Waals surface area contributed by atoms with Crippen LogP contribution in [0.5, 0.6) is 0 Å². The molecule has 2 aromatic heterocycles. The summed E-state index contributed by atoms with van der Waals surface area (Å²) in [6.07, 6.45) is 2.24. The molecule has 10 nitrogen and oxygen atoms in total. The molecule has 0 saturated heterocycles. The molecule has 11 heteroatoms. The first-order chi connectivity index (χ1) is 13.9. The second kappa shape index (κ2) is 8.99. The smallest absolute Gasteiger partial charge is 0.329 e. The summed E-state index contributed by atoms with van der Waals surface area (Å²) in [6, 6.07) is 9.62. The Morgan fingerprint density at radius 1 is 1.38 bits per heavy atom. The molecule has 2 heterocycles. The summed E-state index contributed by atoms with van der Waals surface area (Å²) >= 11 is 3.40. The van der Waals surface area contributed by atoms with E-state index in [9.17, 15) is 14.7 Å². The summed E-state index contributed by atoms with van der Waals surface area (Å²) in [5.41, 5.74) is 2.63. The highest BCUT2D eigenvalue weighted by molar-refractivity contribution is 9.12. The number of benzene rings is 1. The Kier molecular flexibility index (Phi) is 6.42. The first-order valence-corrected chi connectivity index (χ1v) is 9.39. The highest BCUT2D eigenvalue weighted by atomic mass is 79.9. The second-order valence-electron chi connectivity index (χ2n) is 6.18. The number of hydrogen-bond acceptors (Lipinski definition) is 7. The quantitative estimate of drug-likeness (QED) is 0.299. The average Bonchev–Trinajstić information content (AvgIpc) is 3.05. The van der Waals surface area contributed by atoms with Gasteiger partial charge < -0.3 is 14.8 Å². The van der Waals surface area contributed by atoms with Gasteiger partial charge in [0.2, 0.25) is 5.95 Å². The number of hydrazone groups is 1. The van der Waals surface area contributed by atoms with Crippen LogP contribution in [0.4, 0.5) is 5.95 Å². The van der Waals surface area contributed by atoms with Crippen molar-refractivity contribution < 1.29 is 10.2 Å². The minimum absolute atomic E-state index is 0.0798. The van der Waals surface area contributed by atoms with E-state index < -0.39 is 24.0 Å². The van der Waals surface area contributed by atoms with E-state index in [-0.39, 0.29) is 23.7 Å². The highest BCUT2D eigenvalue weighted by Crippen LogP contribution is 2.16. The molecule has 1 aromatic carbocycles. The molecule has 0 saturated carbocycles. The normalized spacial score (nSPS) is 13.3. The number of nitrogens with one attached hydrogen (secondary N) is 2. The number of rotatable bonds is 7. The van der Waals surface area contributed by atoms with Gasteiger partial charge >= 0.3 is 5.69 Å². The third kappa shape index (κ3) is 4.70. The van der Waals surface area contributed by atoms with Crippen LogP contribution in [0.15, 0.2) is 49.5 Å². The van der Waals surface area contributed by atoms with Gasteiger partial charge in [0, 0.05) is 11.5 Å². The number of anilines is 1. The van der Waals surface area contributed by atoms with Crippen LogP contribution in [0.3, 0.4) is 0 Å². The maximum absolute atomic E-state index is 12.3. The summed E-state index contributed by atoms with van der Waals surface area (Å²) in [5.74, 6) is 0.135. The monoisotopic (exact) mass is 462 g/mol. The third-order valence-corrected chi connectivity index (χ3v) is 4.50. The summed E-state index contributed by atoms with van der Waals surface area (Å²) in [5, 5.41) is 23.1. The van der Waals surface area contributed by atoms with Crippen LogP contribution in [-0.4, -0.2) is 48.2 Å². The van der Waals surface area contributed by atoms with Crippen molar-refractivity contribution >= 4 is 45.3 Å². The third-order valence-electron chi connectivity index (χ3n) is 4.07. The van der Waals surface area contributed by atoms with E-state index >= 15 is 0 Å². The topological polar surface area (TPSA) is 138 Å². The number of aryl methyl sites for hydroxylation is 1. The Morgan fingerprint density at radius 2 is 2.10 bits per heavy atom. The lowest BCUT2D eigenvalue weighted by atomic mass is 10.2. The summed E-state index contributed by atoms with van der Waals surface area (Å²) < 4.78 is 3.22. The number of nitrogens with zero attached hydrogens (tertiary/aromatic N) is 4. The molecule has 0 aliphatic heterocycles. The Labute approximate surface area is 173 Å². The number of imidazole rings is 1. The lowest BCUT2D eigenvalue weighted by molar-refractivity contribution is 0.0825. The van der Waals surface area contributed by atoms with Crippen LogP contribution in [0.2, 0.25) is 0 Å². The molecule has 0 aliphatic rings. The predicted molar refractivity (Wildman–Crippen MR) is 114 cm³/mol. The molecule has 3 rings (SSSR count). The first-order valence-electron chi connectivity index (χ1n) is 8.60. The number of halogens is 1. The molecule has 0 amide bonds. The van der Waals surface area contributed by atoms with E-state index in [1.807, 2.05) is 36.4 Å². The molecule has 0 fully saturated rings. The molecule has 0 bridgehead atoms. The van der Waals surface area contributed by atoms with Crippen LogP contribution >= 0.6 is 15.9 Å². The van der Waals surface area contributed by atoms with E-state index in [1.54, 1.807) is 0 Å². The van der Waals surface area contributed by atoms with Crippen LogP contribution in [-0.2, 0) is 13.6 Å². The number of hydrogen-bond donors (Lipinski definition) is 4. The van der Waals surface area contributed by atoms with Crippen molar-refractivity contribution in [2.75, 3.05) is 12.0 Å². The van der Waals surface area contributed by atoms with Crippen molar-refractivity contribution in [2.45, 2.75) is 12.6 Å². The first kappa shape index (κ1) is 20.7. The maximum Gasteiger partial charge on any atom is 0.329 e. The Bertz CT molecular complexity index is 1180. The molecule has 0 unspecified atom stereocenters. The van der Waals surface area contributed by atoms with Gasteiger partial charge in [0.25, 0.3) is 5.56 Å². The number of aromatic amines is 1. The average molecular weight is 463 g/mol. The fraction of sp³-hybridized carbons (Fsp3) is 0.222. The van der Waals surface area contributed by atoms with E-state index in [4.69, 9.17) is 5.11 Å². The zero-order valence-electron chi connectivity index (χ0n) is 15.4. The molecule has 29 heavy (non-hydrogen) atoms. The zero-order chi connectivity index (χ0) is 21.0. The van der Waals surface area contributed by atoms with Gasteiger partial charge in [-0.2, -0.15) is 10.1 Å². The second-order valence-corrected chi connectivity index (χ2v) is 7.10. The molecule has 3 aromatic rings. The molecule has 0 spiro atoms. The number of allylic oxidation sites excluding steroid dienone is 1. The minimum Gasteiger partial charge on any atom is -0.394 e. The van der Waals surface area contributed by atoms with Crippen LogP contribution < -0.4 is 16.7 Å². The summed E-state index contributed by atoms with van der Waals surface area (Å²) in [6.45, 7) is -0.620. The number of fused-ring (bicyclic) bond motifs is 1. The van der Waals surface area contributed by atoms with E-state index in [0.29, 0.717) is 4.48 Å². The van der Waals surface area contributed by atoms with Crippen LogP contribution in [0.1, 0.15) is 5.56 Å². The van der Waals surface area contributed by atoms with Gasteiger partial charge in [0.15, 0.2) is 11.2 Å². The van der Waals surface area contributed by atoms with Crippen molar-refractivity contribution in [3.05, 3.63) is 61.2 Å². The molecule has 4 N–H and O–H groups in total. The Balaban J connectivity index is 1.96. The van der Waals surface area contributed by atoms with Crippen molar-refractivity contribution in [3.8, 4) is 0 Å². The summed E-state index contributed by atoms with van der Waals surface area (Å²) in [7, 11) is 1.46. The van der Waals surface area contributed by atoms with Crippen molar-refractivity contribution in [1.82, 2.24) is 19.1 Å². The van der Waals surface area contributed by atoms with E-state index in [2.05, 4.69) is 36.4 Å². The highest BCUT2D eigenvalue weighted by Gasteiger charge is 2.19. The molecule has 152 valence electrons. The predicted octanol–water partition coefficient (Wildman–Crippen LogP) is 0.610. The minimum atomic E-state index is -1.13. The standard InChI is InChI=1S/C18H19BrN6O4/c1-24-15-14(16(28)22-18(24)29)25(9-13(27)10-26)17(21-15)23-20-8-12(19)7-11-5-3-2-4-6-11/h2-8,13,26-27H,9-10H2,1H3,(H,21,23)(H,22,28,29)/b12-7-,20-8-/t13-/m0/s1. The number of aliphatic hydroxyl groups is 2. The summed E-state index contributed by atoms with van der Waals surface area (Å²) in [4.78, 5) is 30.6. The fourth-order valence-electron chi connectivity index (χ4n) is 2.66. The number of aromatic nitrogens is 4. The lowest BCUT2D eigenvalue weighted by Gasteiger charge is -2.11. The van der Waals surface area contributed by atoms with Gasteiger partial charge in [-0.05, 0) is 27.6 Å². The van der Waals surface area contributed by atoms with Crippen molar-refractivity contribution in [3.63, 3.8) is 0 Å². The fourth-order valence-corrected chi connectivity index (χ4v) is 3.03. The number of H-pyrrole nitrogens is 1. The van der Waals surface area contributed by atoms with Crippen LogP contribution in [0.25, 0.3) is 17.2 Å². The SMILES string of the molecule is Cn1c(=O)[nH]c(=O)c2c1nc(N/N=C\C(Br)=C\c1ccccc1)n2C[C@H](O)CO. The lowest BCUT2D eigenvalue weighted by Crippen LogP contribution is -2.30. The van der Waals surface area contributed by atoms with Gasteiger partial charge in [-0.25, -0.2) is 10.2 Å². The van der Waals surface area contributed by atoms with Crippen molar-refractivity contribution in [1.29, 1.82) is 0 Å². The molecule has 0 radical (unpaired) electrons. The van der Waals surface area contributed by atoms with Gasteiger partial charge in [-0.3, -0.25) is 14.3 Å². The zero-order valence-corrected chi connectivity index (χ0v) is 17.0. The van der Waals surface area contributed by atoms with E-state index in [0.717, 1.165) is 5.56 Å². The van der Waals surface area contributed by atoms with Crippen molar-refractivity contribution in [2.24, 2.45) is 12.1 Å².